The zero-order chi connectivity index (χ0) is 16.9. The quantitative estimate of drug-likeness (QED) is 0.747. The van der Waals surface area contributed by atoms with Crippen molar-refractivity contribution in [2.45, 2.75) is 19.3 Å². The lowest BCUT2D eigenvalue weighted by molar-refractivity contribution is -0.118. The van der Waals surface area contributed by atoms with Gasteiger partial charge in [-0.05, 0) is 24.5 Å². The van der Waals surface area contributed by atoms with Crippen LogP contribution in [0.4, 0.5) is 5.69 Å². The first-order valence-corrected chi connectivity index (χ1v) is 9.52. The Morgan fingerprint density at radius 1 is 1.26 bits per heavy atom. The minimum Gasteiger partial charge on any atom is -0.315 e. The fourth-order valence-electron chi connectivity index (χ4n) is 2.63. The number of nitrogens with zero attached hydrogens (tertiary/aromatic N) is 2. The molecule has 1 N–H and O–H groups in total. The van der Waals surface area contributed by atoms with Gasteiger partial charge in [-0.2, -0.15) is 0 Å². The molecule has 6 nitrogen and oxygen atoms in total. The van der Waals surface area contributed by atoms with E-state index in [-0.39, 0.29) is 11.7 Å². The molecule has 1 aliphatic heterocycles. The molecular formula is C16H25N3O3S. The molecule has 1 aromatic rings. The van der Waals surface area contributed by atoms with Crippen LogP contribution in [0.2, 0.25) is 0 Å². The van der Waals surface area contributed by atoms with Crippen molar-refractivity contribution in [2.24, 2.45) is 0 Å². The summed E-state index contributed by atoms with van der Waals surface area (Å²) in [5.41, 5.74) is 2.23. The van der Waals surface area contributed by atoms with Crippen molar-refractivity contribution < 1.29 is 13.2 Å². The molecule has 0 spiro atoms. The molecule has 1 aliphatic rings. The van der Waals surface area contributed by atoms with Crippen molar-refractivity contribution >= 4 is 21.6 Å². The Kier molecular flexibility index (Phi) is 6.15. The van der Waals surface area contributed by atoms with Crippen molar-refractivity contribution in [3.05, 3.63) is 29.8 Å². The zero-order valence-corrected chi connectivity index (χ0v) is 14.6. The summed E-state index contributed by atoms with van der Waals surface area (Å²) in [6, 6.07) is 8.01. The van der Waals surface area contributed by atoms with Crippen molar-refractivity contribution in [1.29, 1.82) is 0 Å². The summed E-state index contributed by atoms with van der Waals surface area (Å²) in [5, 5.41) is 3.04. The first kappa shape index (κ1) is 17.9. The molecule has 7 heteroatoms. The Bertz CT molecular complexity index is 644. The van der Waals surface area contributed by atoms with Crippen LogP contribution in [0.15, 0.2) is 24.3 Å². The number of carbonyl (C=O) groups is 1. The van der Waals surface area contributed by atoms with Gasteiger partial charge >= 0.3 is 0 Å². The second-order valence-electron chi connectivity index (χ2n) is 5.88. The monoisotopic (exact) mass is 339 g/mol. The van der Waals surface area contributed by atoms with Crippen molar-refractivity contribution in [1.82, 2.24) is 9.62 Å². The molecule has 0 fully saturated rings. The van der Waals surface area contributed by atoms with Crippen LogP contribution in [0.5, 0.6) is 0 Å². The third kappa shape index (κ3) is 4.76. The van der Waals surface area contributed by atoms with Crippen LogP contribution in [0.3, 0.4) is 0 Å². The van der Waals surface area contributed by atoms with Gasteiger partial charge in [0.2, 0.25) is 15.9 Å². The SMILES string of the molecule is CN(C)S(=O)(=O)CCNCCC(=O)N1CCCc2ccccc21. The van der Waals surface area contributed by atoms with Crippen LogP contribution in [0, 0.1) is 0 Å². The number of hydrogen-bond acceptors (Lipinski definition) is 4. The molecule has 0 unspecified atom stereocenters. The number of rotatable bonds is 7. The number of benzene rings is 1. The van der Waals surface area contributed by atoms with Crippen LogP contribution in [-0.4, -0.2) is 58.1 Å². The van der Waals surface area contributed by atoms with E-state index in [1.165, 1.54) is 24.0 Å². The molecule has 1 aromatic carbocycles. The first-order valence-electron chi connectivity index (χ1n) is 7.91. The second kappa shape index (κ2) is 7.90. The minimum atomic E-state index is -3.18. The Hall–Kier alpha value is -1.44. The molecule has 0 aliphatic carbocycles. The molecule has 0 bridgehead atoms. The summed E-state index contributed by atoms with van der Waals surface area (Å²) in [6.45, 7) is 1.59. The standard InChI is InChI=1S/C16H25N3O3S/c1-18(2)23(21,22)13-11-17-10-9-16(20)19-12-5-7-14-6-3-4-8-15(14)19/h3-4,6,8,17H,5,7,9-13H2,1-2H3. The second-order valence-corrected chi connectivity index (χ2v) is 8.18. The summed E-state index contributed by atoms with van der Waals surface area (Å²) >= 11 is 0. The van der Waals surface area contributed by atoms with Gasteiger partial charge in [-0.15, -0.1) is 0 Å². The van der Waals surface area contributed by atoms with E-state index >= 15 is 0 Å². The van der Waals surface area contributed by atoms with Gasteiger partial charge in [0.05, 0.1) is 5.75 Å². The van der Waals surface area contributed by atoms with Crippen molar-refractivity contribution in [2.75, 3.05) is 44.4 Å². The third-order valence-electron chi connectivity index (χ3n) is 4.02. The lowest BCUT2D eigenvalue weighted by Gasteiger charge is -2.29. The van der Waals surface area contributed by atoms with Gasteiger partial charge in [-0.25, -0.2) is 12.7 Å². The Balaban J connectivity index is 1.78. The Morgan fingerprint density at radius 3 is 2.74 bits per heavy atom. The number of carbonyl (C=O) groups excluding carboxylic acids is 1. The van der Waals surface area contributed by atoms with Crippen LogP contribution in [0.25, 0.3) is 0 Å². The molecule has 1 amide bonds. The van der Waals surface area contributed by atoms with E-state index in [1.807, 2.05) is 23.1 Å². The summed E-state index contributed by atoms with van der Waals surface area (Å²) in [5.74, 6) is 0.126. The maximum Gasteiger partial charge on any atom is 0.228 e. The van der Waals surface area contributed by atoms with Gasteiger partial charge in [-0.1, -0.05) is 18.2 Å². The third-order valence-corrected chi connectivity index (χ3v) is 5.85. The normalized spacial score (nSPS) is 14.8. The van der Waals surface area contributed by atoms with E-state index in [0.29, 0.717) is 19.5 Å². The van der Waals surface area contributed by atoms with E-state index in [2.05, 4.69) is 11.4 Å². The van der Waals surface area contributed by atoms with Crippen LogP contribution in [0.1, 0.15) is 18.4 Å². The van der Waals surface area contributed by atoms with Gasteiger partial charge in [0.1, 0.15) is 0 Å². The fraction of sp³-hybridized carbons (Fsp3) is 0.562. The van der Waals surface area contributed by atoms with E-state index in [0.717, 1.165) is 25.1 Å². The lowest BCUT2D eigenvalue weighted by atomic mass is 10.0. The molecule has 0 saturated heterocycles. The number of para-hydroxylation sites is 1. The number of anilines is 1. The summed E-state index contributed by atoms with van der Waals surface area (Å²) in [4.78, 5) is 14.2. The predicted octanol–water partition coefficient (Wildman–Crippen LogP) is 0.837. The number of fused-ring (bicyclic) bond motifs is 1. The van der Waals surface area contributed by atoms with Crippen LogP contribution >= 0.6 is 0 Å². The van der Waals surface area contributed by atoms with Gasteiger partial charge in [0.25, 0.3) is 0 Å². The van der Waals surface area contributed by atoms with Crippen LogP contribution in [-0.2, 0) is 21.2 Å². The Labute approximate surface area is 138 Å². The highest BCUT2D eigenvalue weighted by Gasteiger charge is 2.21. The molecule has 23 heavy (non-hydrogen) atoms. The van der Waals surface area contributed by atoms with E-state index in [1.54, 1.807) is 0 Å². The molecule has 0 radical (unpaired) electrons. The number of amides is 1. The zero-order valence-electron chi connectivity index (χ0n) is 13.8. The smallest absolute Gasteiger partial charge is 0.228 e. The maximum absolute atomic E-state index is 12.4. The molecule has 0 atom stereocenters. The predicted molar refractivity (Wildman–Crippen MR) is 92.1 cm³/mol. The fourth-order valence-corrected chi connectivity index (χ4v) is 3.40. The summed E-state index contributed by atoms with van der Waals surface area (Å²) in [6.07, 6.45) is 2.37. The average Bonchev–Trinajstić information content (AvgIpc) is 2.53. The van der Waals surface area contributed by atoms with Gasteiger partial charge in [-0.3, -0.25) is 4.79 Å². The van der Waals surface area contributed by atoms with Gasteiger partial charge < -0.3 is 10.2 Å². The Morgan fingerprint density at radius 2 is 2.00 bits per heavy atom. The van der Waals surface area contributed by atoms with Gasteiger partial charge in [0, 0.05) is 45.8 Å². The topological polar surface area (TPSA) is 69.7 Å². The van der Waals surface area contributed by atoms with Gasteiger partial charge in [0.15, 0.2) is 0 Å². The summed E-state index contributed by atoms with van der Waals surface area (Å²) < 4.78 is 24.5. The van der Waals surface area contributed by atoms with E-state index in [9.17, 15) is 13.2 Å². The summed E-state index contributed by atoms with van der Waals surface area (Å²) in [7, 11) is -0.143. The van der Waals surface area contributed by atoms with Crippen molar-refractivity contribution in [3.8, 4) is 0 Å². The van der Waals surface area contributed by atoms with Crippen molar-refractivity contribution in [3.63, 3.8) is 0 Å². The molecule has 1 heterocycles. The molecule has 0 aromatic heterocycles. The molecule has 128 valence electrons. The van der Waals surface area contributed by atoms with E-state index in [4.69, 9.17) is 0 Å². The molecular weight excluding hydrogens is 314 g/mol. The van der Waals surface area contributed by atoms with Crippen LogP contribution < -0.4 is 10.2 Å². The molecule has 2 rings (SSSR count). The number of sulfonamides is 1. The number of aryl methyl sites for hydroxylation is 1. The average molecular weight is 339 g/mol. The van der Waals surface area contributed by atoms with E-state index < -0.39 is 10.0 Å². The first-order chi connectivity index (χ1) is 10.9. The largest absolute Gasteiger partial charge is 0.315 e. The lowest BCUT2D eigenvalue weighted by Crippen LogP contribution is -2.38. The highest BCUT2D eigenvalue weighted by atomic mass is 32.2. The minimum absolute atomic E-state index is 0.0424. The number of nitrogens with one attached hydrogen (secondary N) is 1. The highest BCUT2D eigenvalue weighted by molar-refractivity contribution is 7.89. The maximum atomic E-state index is 12.4. The number of hydrogen-bond donors (Lipinski definition) is 1. The molecule has 0 saturated carbocycles. The highest BCUT2D eigenvalue weighted by Crippen LogP contribution is 2.26.